The van der Waals surface area contributed by atoms with Gasteiger partial charge in [0, 0.05) is 39.7 Å². The van der Waals surface area contributed by atoms with E-state index in [9.17, 15) is 9.59 Å². The third-order valence-corrected chi connectivity index (χ3v) is 6.05. The number of nitrogens with zero attached hydrogens (tertiary/aromatic N) is 1. The minimum absolute atomic E-state index is 0.0460. The molecule has 1 aromatic heterocycles. The molecule has 1 heterocycles. The Balaban J connectivity index is 1.34. The Morgan fingerprint density at radius 1 is 1.17 bits per heavy atom. The molecule has 2 unspecified atom stereocenters. The molecule has 0 aliphatic heterocycles. The van der Waals surface area contributed by atoms with Gasteiger partial charge >= 0.3 is 0 Å². The molecule has 2 aromatic carbocycles. The van der Waals surface area contributed by atoms with Gasteiger partial charge in [0.2, 0.25) is 5.91 Å². The summed E-state index contributed by atoms with van der Waals surface area (Å²) in [6, 6.07) is 14.6. The molecule has 0 spiro atoms. The van der Waals surface area contributed by atoms with Crippen LogP contribution in [0.25, 0.3) is 0 Å². The predicted molar refractivity (Wildman–Crippen MR) is 117 cm³/mol. The predicted octanol–water partition coefficient (Wildman–Crippen LogP) is 5.23. The molecule has 29 heavy (non-hydrogen) atoms. The Morgan fingerprint density at radius 2 is 1.93 bits per heavy atom. The van der Waals surface area contributed by atoms with Crippen molar-refractivity contribution in [3.05, 3.63) is 75.8 Å². The van der Waals surface area contributed by atoms with E-state index in [-0.39, 0.29) is 17.7 Å². The zero-order valence-electron chi connectivity index (χ0n) is 15.8. The number of aromatic nitrogens is 1. The SMILES string of the molecule is CC1CC1C(=O)Nc1ccc(C(=O)Nc2ncc(Cc3cccc(Cl)c3)s2)cc1. The van der Waals surface area contributed by atoms with Gasteiger partial charge in [0.15, 0.2) is 5.13 Å². The Morgan fingerprint density at radius 3 is 2.62 bits per heavy atom. The van der Waals surface area contributed by atoms with Crippen molar-refractivity contribution in [1.29, 1.82) is 0 Å². The van der Waals surface area contributed by atoms with Crippen molar-refractivity contribution in [1.82, 2.24) is 4.98 Å². The number of anilines is 2. The van der Waals surface area contributed by atoms with Crippen molar-refractivity contribution in [3.63, 3.8) is 0 Å². The molecule has 0 saturated heterocycles. The molecule has 1 fully saturated rings. The number of thiazole rings is 1. The minimum Gasteiger partial charge on any atom is -0.326 e. The average molecular weight is 426 g/mol. The van der Waals surface area contributed by atoms with Gasteiger partial charge in [0.1, 0.15) is 0 Å². The van der Waals surface area contributed by atoms with Crippen LogP contribution in [0.3, 0.4) is 0 Å². The molecular formula is C22H20ClN3O2S. The maximum absolute atomic E-state index is 12.5. The van der Waals surface area contributed by atoms with Gasteiger partial charge in [0.05, 0.1) is 0 Å². The smallest absolute Gasteiger partial charge is 0.257 e. The van der Waals surface area contributed by atoms with E-state index in [1.807, 2.05) is 24.3 Å². The molecular weight excluding hydrogens is 406 g/mol. The maximum atomic E-state index is 12.5. The normalized spacial score (nSPS) is 17.6. The monoisotopic (exact) mass is 425 g/mol. The molecule has 1 aliphatic rings. The summed E-state index contributed by atoms with van der Waals surface area (Å²) in [6.45, 7) is 2.07. The lowest BCUT2D eigenvalue weighted by Crippen LogP contribution is -2.15. The van der Waals surface area contributed by atoms with Gasteiger partial charge < -0.3 is 5.32 Å². The minimum atomic E-state index is -0.234. The highest BCUT2D eigenvalue weighted by Gasteiger charge is 2.39. The Bertz CT molecular complexity index is 1050. The van der Waals surface area contributed by atoms with E-state index in [0.717, 1.165) is 16.9 Å². The zero-order valence-corrected chi connectivity index (χ0v) is 17.4. The summed E-state index contributed by atoms with van der Waals surface area (Å²) in [5.74, 6) is 0.387. The summed E-state index contributed by atoms with van der Waals surface area (Å²) in [4.78, 5) is 29.8. The number of rotatable bonds is 6. The topological polar surface area (TPSA) is 71.1 Å². The molecule has 3 aromatic rings. The zero-order chi connectivity index (χ0) is 20.4. The van der Waals surface area contributed by atoms with Gasteiger partial charge in [0.25, 0.3) is 5.91 Å². The number of carbonyl (C=O) groups is 2. The summed E-state index contributed by atoms with van der Waals surface area (Å²) < 4.78 is 0. The molecule has 0 radical (unpaired) electrons. The molecule has 2 amide bonds. The number of hydrogen-bond acceptors (Lipinski definition) is 4. The van der Waals surface area contributed by atoms with Crippen LogP contribution in [0.5, 0.6) is 0 Å². The average Bonchev–Trinajstić information content (AvgIpc) is 3.28. The number of nitrogens with one attached hydrogen (secondary N) is 2. The largest absolute Gasteiger partial charge is 0.326 e. The van der Waals surface area contributed by atoms with Crippen LogP contribution >= 0.6 is 22.9 Å². The molecule has 0 bridgehead atoms. The van der Waals surface area contributed by atoms with Crippen LogP contribution in [0.1, 0.15) is 34.1 Å². The van der Waals surface area contributed by atoms with Crippen LogP contribution in [0, 0.1) is 11.8 Å². The Labute approximate surface area is 178 Å². The summed E-state index contributed by atoms with van der Waals surface area (Å²) in [6.07, 6.45) is 3.42. The highest BCUT2D eigenvalue weighted by Crippen LogP contribution is 2.38. The second kappa shape index (κ2) is 8.35. The van der Waals surface area contributed by atoms with Gasteiger partial charge in [-0.15, -0.1) is 11.3 Å². The number of hydrogen-bond donors (Lipinski definition) is 2. The molecule has 4 rings (SSSR count). The lowest BCUT2D eigenvalue weighted by molar-refractivity contribution is -0.117. The van der Waals surface area contributed by atoms with Crippen LogP contribution in [0.4, 0.5) is 10.8 Å². The number of amides is 2. The van der Waals surface area contributed by atoms with Crippen molar-refractivity contribution in [2.45, 2.75) is 19.8 Å². The Kier molecular flexibility index (Phi) is 5.65. The highest BCUT2D eigenvalue weighted by atomic mass is 35.5. The first-order valence-electron chi connectivity index (χ1n) is 9.39. The van der Waals surface area contributed by atoms with E-state index < -0.39 is 0 Å². The van der Waals surface area contributed by atoms with Crippen molar-refractivity contribution in [2.75, 3.05) is 10.6 Å². The van der Waals surface area contributed by atoms with E-state index in [2.05, 4.69) is 22.5 Å². The summed E-state index contributed by atoms with van der Waals surface area (Å²) in [5.41, 5.74) is 2.30. The molecule has 5 nitrogen and oxygen atoms in total. The van der Waals surface area contributed by atoms with E-state index in [1.54, 1.807) is 30.5 Å². The standard InChI is InChI=1S/C22H20ClN3O2S/c1-13-9-19(13)21(28)25-17-7-5-15(6-8-17)20(27)26-22-24-12-18(29-22)11-14-3-2-4-16(23)10-14/h2-8,10,12-13,19H,9,11H2,1H3,(H,25,28)(H,24,26,27). The van der Waals surface area contributed by atoms with Crippen molar-refractivity contribution < 1.29 is 9.59 Å². The molecule has 2 atom stereocenters. The molecule has 1 aliphatic carbocycles. The first-order chi connectivity index (χ1) is 14.0. The van der Waals surface area contributed by atoms with Gasteiger partial charge in [-0.25, -0.2) is 4.98 Å². The lowest BCUT2D eigenvalue weighted by Gasteiger charge is -2.06. The van der Waals surface area contributed by atoms with Gasteiger partial charge in [-0.1, -0.05) is 30.7 Å². The second-order valence-electron chi connectivity index (χ2n) is 7.28. The van der Waals surface area contributed by atoms with E-state index in [1.165, 1.54) is 11.3 Å². The number of benzene rings is 2. The lowest BCUT2D eigenvalue weighted by atomic mass is 10.1. The third-order valence-electron chi connectivity index (χ3n) is 4.90. The second-order valence-corrected chi connectivity index (χ2v) is 8.83. The third kappa shape index (κ3) is 5.02. The quantitative estimate of drug-likeness (QED) is 0.567. The van der Waals surface area contributed by atoms with E-state index in [4.69, 9.17) is 11.6 Å². The Hall–Kier alpha value is -2.70. The van der Waals surface area contributed by atoms with Crippen LogP contribution in [0.15, 0.2) is 54.7 Å². The molecule has 2 N–H and O–H groups in total. The van der Waals surface area contributed by atoms with E-state index in [0.29, 0.717) is 33.7 Å². The van der Waals surface area contributed by atoms with Gasteiger partial charge in [-0.2, -0.15) is 0 Å². The van der Waals surface area contributed by atoms with Crippen LogP contribution in [-0.2, 0) is 11.2 Å². The van der Waals surface area contributed by atoms with Crippen LogP contribution < -0.4 is 10.6 Å². The fraction of sp³-hybridized carbons (Fsp3) is 0.227. The van der Waals surface area contributed by atoms with Crippen molar-refractivity contribution in [2.24, 2.45) is 11.8 Å². The van der Waals surface area contributed by atoms with Crippen LogP contribution in [0.2, 0.25) is 5.02 Å². The van der Waals surface area contributed by atoms with Gasteiger partial charge in [-0.3, -0.25) is 14.9 Å². The highest BCUT2D eigenvalue weighted by molar-refractivity contribution is 7.15. The molecule has 148 valence electrons. The molecule has 7 heteroatoms. The molecule has 1 saturated carbocycles. The fourth-order valence-electron chi connectivity index (χ4n) is 3.09. The first-order valence-corrected chi connectivity index (χ1v) is 10.6. The van der Waals surface area contributed by atoms with E-state index >= 15 is 0 Å². The van der Waals surface area contributed by atoms with Crippen molar-refractivity contribution >= 4 is 45.6 Å². The maximum Gasteiger partial charge on any atom is 0.257 e. The number of carbonyl (C=O) groups excluding carboxylic acids is 2. The first kappa shape index (κ1) is 19.6. The number of halogens is 1. The summed E-state index contributed by atoms with van der Waals surface area (Å²) >= 11 is 7.46. The van der Waals surface area contributed by atoms with Crippen LogP contribution in [-0.4, -0.2) is 16.8 Å². The fourth-order valence-corrected chi connectivity index (χ4v) is 4.15. The van der Waals surface area contributed by atoms with Crippen molar-refractivity contribution in [3.8, 4) is 0 Å². The van der Waals surface area contributed by atoms with Gasteiger partial charge in [-0.05, 0) is 54.3 Å². The summed E-state index contributed by atoms with van der Waals surface area (Å²) in [7, 11) is 0. The summed E-state index contributed by atoms with van der Waals surface area (Å²) in [5, 5.41) is 6.96.